The summed E-state index contributed by atoms with van der Waals surface area (Å²) in [7, 11) is 0. The van der Waals surface area contributed by atoms with Gasteiger partial charge < -0.3 is 0 Å². The minimum Gasteiger partial charge on any atom is -0.266 e. The average Bonchev–Trinajstić information content (AvgIpc) is 2.99. The Labute approximate surface area is 122 Å². The van der Waals surface area contributed by atoms with Gasteiger partial charge in [0.05, 0.1) is 11.1 Å². The second-order valence-electron chi connectivity index (χ2n) is 5.03. The maximum absolute atomic E-state index is 12.0. The van der Waals surface area contributed by atoms with E-state index in [2.05, 4.69) is 10.5 Å². The van der Waals surface area contributed by atoms with Crippen LogP contribution in [0.3, 0.4) is 0 Å². The Kier molecular flexibility index (Phi) is 3.65. The second kappa shape index (κ2) is 5.59. The van der Waals surface area contributed by atoms with Crippen molar-refractivity contribution in [3.8, 4) is 0 Å². The molecule has 1 aromatic carbocycles. The number of nitrogens with zero attached hydrogens (tertiary/aromatic N) is 1. The van der Waals surface area contributed by atoms with E-state index in [-0.39, 0.29) is 5.91 Å². The number of carbonyl (C=O) groups excluding carboxylic acids is 1. The van der Waals surface area contributed by atoms with Gasteiger partial charge in [0.1, 0.15) is 0 Å². The van der Waals surface area contributed by atoms with Gasteiger partial charge in [0, 0.05) is 4.88 Å². The van der Waals surface area contributed by atoms with Crippen molar-refractivity contribution in [1.82, 2.24) is 5.43 Å². The zero-order valence-corrected chi connectivity index (χ0v) is 12.2. The van der Waals surface area contributed by atoms with Crippen LogP contribution in [-0.4, -0.2) is 12.1 Å². The lowest BCUT2D eigenvalue weighted by atomic mass is 10.2. The first-order valence-corrected chi connectivity index (χ1v) is 7.56. The second-order valence-corrected chi connectivity index (χ2v) is 6.16. The lowest BCUT2D eigenvalue weighted by Gasteiger charge is -1.97. The van der Waals surface area contributed by atoms with E-state index in [0.29, 0.717) is 0 Å². The molecule has 0 bridgehead atoms. The van der Waals surface area contributed by atoms with E-state index >= 15 is 0 Å². The lowest BCUT2D eigenvalue weighted by molar-refractivity contribution is 0.0959. The van der Waals surface area contributed by atoms with Gasteiger partial charge >= 0.3 is 0 Å². The van der Waals surface area contributed by atoms with Gasteiger partial charge in [0.15, 0.2) is 0 Å². The monoisotopic (exact) mass is 284 g/mol. The van der Waals surface area contributed by atoms with E-state index in [0.717, 1.165) is 23.3 Å². The number of nitrogens with one attached hydrogen (secondary N) is 1. The predicted molar refractivity (Wildman–Crippen MR) is 82.6 cm³/mol. The number of carbonyl (C=O) groups is 1. The molecule has 4 heteroatoms. The summed E-state index contributed by atoms with van der Waals surface area (Å²) in [6.45, 7) is 2.03. The smallest absolute Gasteiger partial charge is 0.266 e. The van der Waals surface area contributed by atoms with Crippen molar-refractivity contribution in [1.29, 1.82) is 0 Å². The molecule has 1 aromatic heterocycles. The molecular formula is C16H16N2OS. The highest BCUT2D eigenvalue weighted by molar-refractivity contribution is 7.14. The first-order chi connectivity index (χ1) is 9.72. The molecule has 0 fully saturated rings. The third kappa shape index (κ3) is 2.80. The zero-order valence-electron chi connectivity index (χ0n) is 11.3. The van der Waals surface area contributed by atoms with Gasteiger partial charge in [-0.2, -0.15) is 5.10 Å². The molecule has 102 valence electrons. The quantitative estimate of drug-likeness (QED) is 0.682. The average molecular weight is 284 g/mol. The Morgan fingerprint density at radius 3 is 3.05 bits per heavy atom. The first-order valence-electron chi connectivity index (χ1n) is 6.74. The Balaban J connectivity index is 1.64. The SMILES string of the molecule is Cc1cccc(/C=N\NC(=O)c2cc3c(s2)CCC3)c1. The molecule has 0 saturated heterocycles. The molecule has 0 saturated carbocycles. The highest BCUT2D eigenvalue weighted by Crippen LogP contribution is 2.30. The lowest BCUT2D eigenvalue weighted by Crippen LogP contribution is -2.16. The van der Waals surface area contributed by atoms with Crippen LogP contribution in [0, 0.1) is 6.92 Å². The van der Waals surface area contributed by atoms with Gasteiger partial charge in [0.25, 0.3) is 5.91 Å². The summed E-state index contributed by atoms with van der Waals surface area (Å²) in [5.41, 5.74) is 6.09. The number of hydrazone groups is 1. The molecule has 1 aliphatic rings. The number of rotatable bonds is 3. The van der Waals surface area contributed by atoms with Crippen molar-refractivity contribution < 1.29 is 4.79 Å². The van der Waals surface area contributed by atoms with Gasteiger partial charge in [0.2, 0.25) is 0 Å². The Morgan fingerprint density at radius 1 is 1.35 bits per heavy atom. The van der Waals surface area contributed by atoms with Crippen LogP contribution in [0.5, 0.6) is 0 Å². The van der Waals surface area contributed by atoms with Gasteiger partial charge in [-0.05, 0) is 43.4 Å². The molecule has 0 aliphatic heterocycles. The number of hydrogen-bond acceptors (Lipinski definition) is 3. The van der Waals surface area contributed by atoms with E-state index in [4.69, 9.17) is 0 Å². The molecule has 1 heterocycles. The summed E-state index contributed by atoms with van der Waals surface area (Å²) < 4.78 is 0. The molecule has 0 unspecified atom stereocenters. The van der Waals surface area contributed by atoms with Crippen LogP contribution in [0.25, 0.3) is 0 Å². The van der Waals surface area contributed by atoms with E-state index in [1.54, 1.807) is 17.6 Å². The van der Waals surface area contributed by atoms with E-state index in [1.165, 1.54) is 22.4 Å². The highest BCUT2D eigenvalue weighted by Gasteiger charge is 2.17. The normalized spacial score (nSPS) is 13.7. The summed E-state index contributed by atoms with van der Waals surface area (Å²) in [6, 6.07) is 9.99. The topological polar surface area (TPSA) is 41.5 Å². The fraction of sp³-hybridized carbons (Fsp3) is 0.250. The Hall–Kier alpha value is -1.94. The van der Waals surface area contributed by atoms with Crippen molar-refractivity contribution >= 4 is 23.5 Å². The van der Waals surface area contributed by atoms with Crippen molar-refractivity contribution in [2.75, 3.05) is 0 Å². The minimum atomic E-state index is -0.117. The highest BCUT2D eigenvalue weighted by atomic mass is 32.1. The molecule has 0 radical (unpaired) electrons. The fourth-order valence-corrected chi connectivity index (χ4v) is 3.56. The van der Waals surface area contributed by atoms with Gasteiger partial charge in [-0.1, -0.05) is 29.8 Å². The number of fused-ring (bicyclic) bond motifs is 1. The minimum absolute atomic E-state index is 0.117. The Bertz CT molecular complexity index is 651. The van der Waals surface area contributed by atoms with Crippen LogP contribution in [0.4, 0.5) is 0 Å². The summed E-state index contributed by atoms with van der Waals surface area (Å²) in [5, 5.41) is 4.02. The molecule has 20 heavy (non-hydrogen) atoms. The van der Waals surface area contributed by atoms with Crippen LogP contribution in [0.15, 0.2) is 35.4 Å². The number of amides is 1. The molecule has 3 rings (SSSR count). The summed E-state index contributed by atoms with van der Waals surface area (Å²) in [6.07, 6.45) is 5.10. The fourth-order valence-electron chi connectivity index (χ4n) is 2.41. The first kappa shape index (κ1) is 13.1. The van der Waals surface area contributed by atoms with Gasteiger partial charge in [-0.25, -0.2) is 5.43 Å². The summed E-state index contributed by atoms with van der Waals surface area (Å²) >= 11 is 1.59. The number of aryl methyl sites for hydroxylation is 3. The number of hydrogen-bond donors (Lipinski definition) is 1. The molecule has 3 nitrogen and oxygen atoms in total. The largest absolute Gasteiger partial charge is 0.281 e. The Morgan fingerprint density at radius 2 is 2.25 bits per heavy atom. The summed E-state index contributed by atoms with van der Waals surface area (Å²) in [4.78, 5) is 14.1. The molecule has 0 spiro atoms. The molecule has 1 N–H and O–H groups in total. The maximum atomic E-state index is 12.0. The van der Waals surface area contributed by atoms with Crippen LogP contribution in [-0.2, 0) is 12.8 Å². The third-order valence-corrected chi connectivity index (χ3v) is 4.63. The van der Waals surface area contributed by atoms with Crippen molar-refractivity contribution in [3.63, 3.8) is 0 Å². The molecular weight excluding hydrogens is 268 g/mol. The van der Waals surface area contributed by atoms with Crippen molar-refractivity contribution in [3.05, 3.63) is 56.8 Å². The number of thiophene rings is 1. The van der Waals surface area contributed by atoms with Crippen LogP contribution in [0.1, 0.15) is 37.7 Å². The van der Waals surface area contributed by atoms with E-state index in [9.17, 15) is 4.79 Å². The molecule has 2 aromatic rings. The molecule has 1 aliphatic carbocycles. The predicted octanol–water partition coefficient (Wildman–Crippen LogP) is 3.31. The van der Waals surface area contributed by atoms with Crippen LogP contribution in [0.2, 0.25) is 0 Å². The standard InChI is InChI=1S/C16H16N2OS/c1-11-4-2-5-12(8-11)10-17-18-16(19)15-9-13-6-3-7-14(13)20-15/h2,4-5,8-10H,3,6-7H2,1H3,(H,18,19)/b17-10-. The molecule has 1 amide bonds. The third-order valence-electron chi connectivity index (χ3n) is 3.39. The number of benzene rings is 1. The molecule has 0 atom stereocenters. The van der Waals surface area contributed by atoms with Gasteiger partial charge in [-0.15, -0.1) is 11.3 Å². The van der Waals surface area contributed by atoms with Crippen molar-refractivity contribution in [2.24, 2.45) is 5.10 Å². The van der Waals surface area contributed by atoms with Crippen LogP contribution < -0.4 is 5.43 Å². The van der Waals surface area contributed by atoms with E-state index < -0.39 is 0 Å². The summed E-state index contributed by atoms with van der Waals surface area (Å²) in [5.74, 6) is -0.117. The van der Waals surface area contributed by atoms with Crippen LogP contribution >= 0.6 is 11.3 Å². The van der Waals surface area contributed by atoms with E-state index in [1.807, 2.05) is 37.3 Å². The maximum Gasteiger partial charge on any atom is 0.281 e. The van der Waals surface area contributed by atoms with Gasteiger partial charge in [-0.3, -0.25) is 4.79 Å². The zero-order chi connectivity index (χ0) is 13.9. The van der Waals surface area contributed by atoms with Crippen molar-refractivity contribution in [2.45, 2.75) is 26.2 Å².